The number of aryl methyl sites for hydroxylation is 1. The third-order valence-corrected chi connectivity index (χ3v) is 3.67. The largest absolute Gasteiger partial charge is 0.492 e. The molecular weight excluding hydrogens is 348 g/mol. The van der Waals surface area contributed by atoms with Crippen molar-refractivity contribution in [2.24, 2.45) is 0 Å². The molecule has 2 aromatic carbocycles. The molecule has 0 unspecified atom stereocenters. The number of benzene rings is 2. The average molecular weight is 365 g/mol. The molecule has 0 saturated carbocycles. The van der Waals surface area contributed by atoms with Crippen molar-refractivity contribution in [3.8, 4) is 5.75 Å². The highest BCUT2D eigenvalue weighted by molar-refractivity contribution is 9.10. The molecule has 0 radical (unpaired) electrons. The fraction of sp³-hybridized carbons (Fsp3) is 0.188. The molecule has 3 nitrogen and oxygen atoms in total. The molecule has 0 bridgehead atoms. The Kier molecular flexibility index (Phi) is 5.59. The number of halogens is 1. The SMILES string of the molecule is CCOc1ccccc1NC(=S)Nc1ccc(C)cc1Br. The van der Waals surface area contributed by atoms with Crippen LogP contribution in [-0.4, -0.2) is 11.7 Å². The number of ether oxygens (including phenoxy) is 1. The summed E-state index contributed by atoms with van der Waals surface area (Å²) in [7, 11) is 0. The van der Waals surface area contributed by atoms with Gasteiger partial charge in [0, 0.05) is 4.47 Å². The lowest BCUT2D eigenvalue weighted by molar-refractivity contribution is 0.342. The van der Waals surface area contributed by atoms with Gasteiger partial charge in [-0.3, -0.25) is 0 Å². The molecule has 0 fully saturated rings. The lowest BCUT2D eigenvalue weighted by Gasteiger charge is -2.15. The van der Waals surface area contributed by atoms with Gasteiger partial charge in [-0.05, 0) is 71.8 Å². The maximum Gasteiger partial charge on any atom is 0.175 e. The molecular formula is C16H17BrN2OS. The Labute approximate surface area is 138 Å². The summed E-state index contributed by atoms with van der Waals surface area (Å²) in [5.74, 6) is 0.784. The van der Waals surface area contributed by atoms with Crippen LogP contribution in [0.15, 0.2) is 46.9 Å². The highest BCUT2D eigenvalue weighted by Gasteiger charge is 2.06. The summed E-state index contributed by atoms with van der Waals surface area (Å²) in [4.78, 5) is 0. The Morgan fingerprint density at radius 2 is 1.86 bits per heavy atom. The van der Waals surface area contributed by atoms with Crippen molar-refractivity contribution >= 4 is 44.6 Å². The van der Waals surface area contributed by atoms with Gasteiger partial charge in [0.25, 0.3) is 0 Å². The van der Waals surface area contributed by atoms with E-state index in [-0.39, 0.29) is 0 Å². The lowest BCUT2D eigenvalue weighted by Crippen LogP contribution is -2.19. The van der Waals surface area contributed by atoms with E-state index in [1.165, 1.54) is 5.56 Å². The first-order valence-corrected chi connectivity index (χ1v) is 7.86. The zero-order valence-electron chi connectivity index (χ0n) is 11.9. The number of rotatable bonds is 4. The normalized spacial score (nSPS) is 10.0. The fourth-order valence-electron chi connectivity index (χ4n) is 1.85. The number of anilines is 2. The maximum atomic E-state index is 5.57. The minimum atomic E-state index is 0.520. The van der Waals surface area contributed by atoms with Crippen LogP contribution in [0.25, 0.3) is 0 Å². The van der Waals surface area contributed by atoms with Gasteiger partial charge in [-0.2, -0.15) is 0 Å². The summed E-state index contributed by atoms with van der Waals surface area (Å²) in [5, 5.41) is 6.85. The van der Waals surface area contributed by atoms with Gasteiger partial charge < -0.3 is 15.4 Å². The Hall–Kier alpha value is -1.59. The minimum absolute atomic E-state index is 0.520. The van der Waals surface area contributed by atoms with Crippen LogP contribution in [0.2, 0.25) is 0 Å². The molecule has 2 rings (SSSR count). The molecule has 0 heterocycles. The van der Waals surface area contributed by atoms with E-state index in [9.17, 15) is 0 Å². The van der Waals surface area contributed by atoms with E-state index in [0.717, 1.165) is 21.6 Å². The van der Waals surface area contributed by atoms with Gasteiger partial charge in [0.05, 0.1) is 18.0 Å². The van der Waals surface area contributed by atoms with Crippen molar-refractivity contribution in [3.63, 3.8) is 0 Å². The van der Waals surface area contributed by atoms with Crippen LogP contribution in [0.1, 0.15) is 12.5 Å². The van der Waals surface area contributed by atoms with E-state index in [0.29, 0.717) is 11.7 Å². The standard InChI is InChI=1S/C16H17BrN2OS/c1-3-20-15-7-5-4-6-14(15)19-16(21)18-13-9-8-11(2)10-12(13)17/h4-10H,3H2,1-2H3,(H2,18,19,21). The fourth-order valence-corrected chi connectivity index (χ4v) is 2.66. The second kappa shape index (κ2) is 7.43. The van der Waals surface area contributed by atoms with Crippen LogP contribution in [-0.2, 0) is 0 Å². The molecule has 2 N–H and O–H groups in total. The van der Waals surface area contributed by atoms with Gasteiger partial charge in [0.2, 0.25) is 0 Å². The average Bonchev–Trinajstić information content (AvgIpc) is 2.44. The highest BCUT2D eigenvalue weighted by atomic mass is 79.9. The lowest BCUT2D eigenvalue weighted by atomic mass is 10.2. The van der Waals surface area contributed by atoms with Crippen molar-refractivity contribution in [1.82, 2.24) is 0 Å². The van der Waals surface area contributed by atoms with E-state index in [1.54, 1.807) is 0 Å². The predicted molar refractivity (Wildman–Crippen MR) is 96.3 cm³/mol. The van der Waals surface area contributed by atoms with E-state index in [2.05, 4.69) is 26.6 Å². The predicted octanol–water partition coefficient (Wildman–Crippen LogP) is 4.97. The number of hydrogen-bond donors (Lipinski definition) is 2. The first kappa shape index (κ1) is 15.8. The Balaban J connectivity index is 2.08. The monoisotopic (exact) mass is 364 g/mol. The quantitative estimate of drug-likeness (QED) is 0.750. The molecule has 0 atom stereocenters. The first-order valence-electron chi connectivity index (χ1n) is 6.66. The van der Waals surface area contributed by atoms with Crippen molar-refractivity contribution in [2.75, 3.05) is 17.2 Å². The second-order valence-electron chi connectivity index (χ2n) is 4.49. The molecule has 0 aromatic heterocycles. The van der Waals surface area contributed by atoms with Gasteiger partial charge in [-0.15, -0.1) is 0 Å². The van der Waals surface area contributed by atoms with Gasteiger partial charge >= 0.3 is 0 Å². The van der Waals surface area contributed by atoms with Crippen LogP contribution in [0.5, 0.6) is 5.75 Å². The molecule has 5 heteroatoms. The molecule has 0 aliphatic rings. The molecule has 0 aliphatic carbocycles. The van der Waals surface area contributed by atoms with Gasteiger partial charge in [-0.25, -0.2) is 0 Å². The molecule has 110 valence electrons. The van der Waals surface area contributed by atoms with Crippen molar-refractivity contribution in [3.05, 3.63) is 52.5 Å². The number of thiocarbonyl (C=S) groups is 1. The molecule has 0 aliphatic heterocycles. The van der Waals surface area contributed by atoms with Crippen LogP contribution in [0, 0.1) is 6.92 Å². The summed E-state index contributed by atoms with van der Waals surface area (Å²) >= 11 is 8.88. The topological polar surface area (TPSA) is 33.3 Å². The van der Waals surface area contributed by atoms with Crippen LogP contribution >= 0.6 is 28.1 Å². The highest BCUT2D eigenvalue weighted by Crippen LogP contribution is 2.26. The summed E-state index contributed by atoms with van der Waals surface area (Å²) in [6, 6.07) is 13.8. The van der Waals surface area contributed by atoms with Gasteiger partial charge in [0.1, 0.15) is 5.75 Å². The first-order chi connectivity index (χ1) is 10.1. The summed E-state index contributed by atoms with van der Waals surface area (Å²) in [6.07, 6.45) is 0. The van der Waals surface area contributed by atoms with Crippen LogP contribution < -0.4 is 15.4 Å². The van der Waals surface area contributed by atoms with E-state index < -0.39 is 0 Å². The number of para-hydroxylation sites is 2. The molecule has 0 spiro atoms. The third kappa shape index (κ3) is 4.44. The molecule has 0 saturated heterocycles. The smallest absolute Gasteiger partial charge is 0.175 e. The van der Waals surface area contributed by atoms with Crippen LogP contribution in [0.4, 0.5) is 11.4 Å². The minimum Gasteiger partial charge on any atom is -0.492 e. The Bertz CT molecular complexity index is 646. The second-order valence-corrected chi connectivity index (χ2v) is 5.75. The molecule has 2 aromatic rings. The number of hydrogen-bond acceptors (Lipinski definition) is 2. The molecule has 0 amide bonds. The third-order valence-electron chi connectivity index (χ3n) is 2.81. The van der Waals surface area contributed by atoms with Gasteiger partial charge in [0.15, 0.2) is 5.11 Å². The summed E-state index contributed by atoms with van der Waals surface area (Å²) < 4.78 is 6.54. The Morgan fingerprint density at radius 3 is 2.57 bits per heavy atom. The zero-order valence-corrected chi connectivity index (χ0v) is 14.3. The zero-order chi connectivity index (χ0) is 15.2. The van der Waals surface area contributed by atoms with Crippen molar-refractivity contribution in [1.29, 1.82) is 0 Å². The van der Waals surface area contributed by atoms with Crippen LogP contribution in [0.3, 0.4) is 0 Å². The summed E-state index contributed by atoms with van der Waals surface area (Å²) in [5.41, 5.74) is 2.96. The van der Waals surface area contributed by atoms with Crippen molar-refractivity contribution in [2.45, 2.75) is 13.8 Å². The summed E-state index contributed by atoms with van der Waals surface area (Å²) in [6.45, 7) is 4.61. The van der Waals surface area contributed by atoms with Crippen molar-refractivity contribution < 1.29 is 4.74 Å². The van der Waals surface area contributed by atoms with E-state index in [1.807, 2.05) is 56.3 Å². The molecule has 21 heavy (non-hydrogen) atoms. The van der Waals surface area contributed by atoms with Gasteiger partial charge in [-0.1, -0.05) is 18.2 Å². The van der Waals surface area contributed by atoms with E-state index in [4.69, 9.17) is 17.0 Å². The number of nitrogens with one attached hydrogen (secondary N) is 2. The maximum absolute atomic E-state index is 5.57. The Morgan fingerprint density at radius 1 is 1.14 bits per heavy atom. The van der Waals surface area contributed by atoms with E-state index >= 15 is 0 Å².